The van der Waals surface area contributed by atoms with Crippen LogP contribution in [0.25, 0.3) is 11.1 Å². The van der Waals surface area contributed by atoms with Crippen LogP contribution in [0.4, 0.5) is 0 Å². The zero-order chi connectivity index (χ0) is 53.1. The molecule has 2 aromatic rings. The van der Waals surface area contributed by atoms with Gasteiger partial charge in [0, 0.05) is 22.3 Å². The van der Waals surface area contributed by atoms with E-state index in [9.17, 15) is 0 Å². The van der Waals surface area contributed by atoms with Crippen molar-refractivity contribution in [3.05, 3.63) is 33.4 Å². The molecule has 9 heteroatoms. The van der Waals surface area contributed by atoms with Crippen molar-refractivity contribution in [1.82, 2.24) is 0 Å². The first-order chi connectivity index (χ1) is 37.6. The van der Waals surface area contributed by atoms with Gasteiger partial charge in [0.15, 0.2) is 23.5 Å². The fourth-order valence-electron chi connectivity index (χ4n) is 13.4. The van der Waals surface area contributed by atoms with Gasteiger partial charge in [0.2, 0.25) is 5.75 Å². The Balaban J connectivity index is 1.16. The van der Waals surface area contributed by atoms with Crippen LogP contribution < -0.4 is 18.5 Å². The molecule has 1 fully saturated rings. The predicted molar refractivity (Wildman–Crippen MR) is 322 cm³/mol. The van der Waals surface area contributed by atoms with E-state index in [-0.39, 0.29) is 11.7 Å². The fourth-order valence-corrected chi connectivity index (χ4v) is 15.4. The van der Waals surface area contributed by atoms with E-state index < -0.39 is 17.2 Å². The summed E-state index contributed by atoms with van der Waals surface area (Å²) < 4.78 is 39.0. The Hall–Kier alpha value is -1.62. The maximum Gasteiger partial charge on any atom is 0.530 e. The van der Waals surface area contributed by atoms with Crippen LogP contribution in [0.2, 0.25) is 0 Å². The SMILES string of the molecule is CCCCCCCCCCCCCc1c(CCCCCCCCCCCCC)c(-c2c(CCCCCCCCCCCCC)c(CCCCCCCCCCCCC)c3c4c2OOP2OC(O2)C34C)c2c3c1OP(O3)O2. The predicted octanol–water partition coefficient (Wildman–Crippen LogP) is 23.7. The van der Waals surface area contributed by atoms with Crippen LogP contribution in [0.3, 0.4) is 0 Å². The number of hydrogen-bond donors (Lipinski definition) is 0. The minimum atomic E-state index is -1.55. The quantitative estimate of drug-likeness (QED) is 0.0372. The molecule has 2 unspecified atom stereocenters. The first-order valence-electron chi connectivity index (χ1n) is 33.3. The third-order valence-corrected chi connectivity index (χ3v) is 20.0. The van der Waals surface area contributed by atoms with Crippen molar-refractivity contribution in [1.29, 1.82) is 0 Å². The van der Waals surface area contributed by atoms with Gasteiger partial charge in [-0.25, -0.2) is 0 Å². The normalized spacial score (nSPS) is 19.2. The molecule has 1 aliphatic carbocycles. The molecule has 0 spiro atoms. The Bertz CT molecular complexity index is 1950. The summed E-state index contributed by atoms with van der Waals surface area (Å²) in [5, 5.41) is 0. The minimum Gasteiger partial charge on any atom is -0.404 e. The highest BCUT2D eigenvalue weighted by atomic mass is 31.2. The standard InChI is InChI=1S/C67H112O7P2/c1-6-10-14-18-22-26-30-34-38-42-46-50-54-56(52-48-44-40-36-32-28-24-20-16-12-8-3)60-61-63(68-74-76-72-66(73-76)67(60,61)5)58(54)59-55(51-47-43-39-35-31-27-23-19-15-11-7-2)57(62-65-64(59)70-75(69-62)71-65)53-49-45-41-37-33-29-25-21-17-13-9-4/h66H,6-53H2,1-5H3. The lowest BCUT2D eigenvalue weighted by Crippen LogP contribution is -2.37. The van der Waals surface area contributed by atoms with Crippen LogP contribution in [0.5, 0.6) is 23.0 Å². The molecule has 0 saturated carbocycles. The summed E-state index contributed by atoms with van der Waals surface area (Å²) >= 11 is 0. The minimum absolute atomic E-state index is 0.336. The summed E-state index contributed by atoms with van der Waals surface area (Å²) in [6.07, 6.45) is 62.7. The Morgan fingerprint density at radius 2 is 0.605 bits per heavy atom. The molecule has 5 heterocycles. The summed E-state index contributed by atoms with van der Waals surface area (Å²) in [4.78, 5) is 6.71. The van der Waals surface area contributed by atoms with Crippen LogP contribution in [0.15, 0.2) is 0 Å². The van der Waals surface area contributed by atoms with Gasteiger partial charge in [-0.05, 0) is 80.5 Å². The second kappa shape index (κ2) is 35.3. The summed E-state index contributed by atoms with van der Waals surface area (Å²) in [7, 11) is -3.04. The highest BCUT2D eigenvalue weighted by molar-refractivity contribution is 7.44. The lowest BCUT2D eigenvalue weighted by molar-refractivity contribution is -0.202. The summed E-state index contributed by atoms with van der Waals surface area (Å²) in [5.41, 5.74) is 10.6. The lowest BCUT2D eigenvalue weighted by Gasteiger charge is -2.37. The average Bonchev–Trinajstić information content (AvgIpc) is 3.85. The molecule has 8 rings (SSSR count). The molecule has 432 valence electrons. The van der Waals surface area contributed by atoms with Gasteiger partial charge in [0.25, 0.3) is 0 Å². The number of benzene rings is 2. The Labute approximate surface area is 469 Å². The van der Waals surface area contributed by atoms with Gasteiger partial charge in [-0.1, -0.05) is 285 Å². The van der Waals surface area contributed by atoms with Gasteiger partial charge < -0.3 is 18.5 Å². The molecule has 2 aromatic carbocycles. The van der Waals surface area contributed by atoms with E-state index in [1.807, 2.05) is 0 Å². The van der Waals surface area contributed by atoms with E-state index in [4.69, 9.17) is 32.2 Å². The van der Waals surface area contributed by atoms with Crippen molar-refractivity contribution in [3.63, 3.8) is 0 Å². The van der Waals surface area contributed by atoms with Crippen molar-refractivity contribution in [2.24, 2.45) is 0 Å². The third kappa shape index (κ3) is 17.9. The monoisotopic (exact) mass is 1090 g/mol. The fraction of sp³-hybridized carbons (Fsp3) is 0.821. The van der Waals surface area contributed by atoms with Gasteiger partial charge in [-0.2, -0.15) is 0 Å². The van der Waals surface area contributed by atoms with Crippen LogP contribution in [0.1, 0.15) is 351 Å². The average molecular weight is 1090 g/mol. The molecular weight excluding hydrogens is 979 g/mol. The number of fused-ring (bicyclic) bond motifs is 2. The molecule has 6 aliphatic rings. The smallest absolute Gasteiger partial charge is 0.404 e. The summed E-state index contributed by atoms with van der Waals surface area (Å²) in [6.45, 7) is 11.6. The van der Waals surface area contributed by atoms with Crippen LogP contribution in [0, 0.1) is 0 Å². The molecule has 0 aromatic heterocycles. The molecule has 4 bridgehead atoms. The Kier molecular flexibility index (Phi) is 28.8. The topological polar surface area (TPSA) is 64.6 Å². The van der Waals surface area contributed by atoms with Crippen molar-refractivity contribution in [2.45, 2.75) is 355 Å². The van der Waals surface area contributed by atoms with E-state index in [2.05, 4.69) is 34.6 Å². The van der Waals surface area contributed by atoms with Gasteiger partial charge >= 0.3 is 17.2 Å². The molecule has 2 atom stereocenters. The summed E-state index contributed by atoms with van der Waals surface area (Å²) in [6, 6.07) is 0. The van der Waals surface area contributed by atoms with E-state index in [1.165, 1.54) is 321 Å². The zero-order valence-corrected chi connectivity index (χ0v) is 51.6. The van der Waals surface area contributed by atoms with Crippen molar-refractivity contribution < 1.29 is 32.2 Å². The van der Waals surface area contributed by atoms with Crippen molar-refractivity contribution >= 4 is 17.2 Å². The molecule has 5 aliphatic heterocycles. The third-order valence-electron chi connectivity index (χ3n) is 18.1. The van der Waals surface area contributed by atoms with E-state index in [1.54, 1.807) is 0 Å². The molecule has 76 heavy (non-hydrogen) atoms. The number of rotatable bonds is 49. The van der Waals surface area contributed by atoms with Gasteiger partial charge in [-0.3, -0.25) is 9.05 Å². The first-order valence-corrected chi connectivity index (χ1v) is 35.5. The number of hydrogen-bond acceptors (Lipinski definition) is 7. The molecule has 0 amide bonds. The largest absolute Gasteiger partial charge is 0.530 e. The summed E-state index contributed by atoms with van der Waals surface area (Å²) in [5.74, 6) is 3.64. The first kappa shape index (κ1) is 62.0. The van der Waals surface area contributed by atoms with Crippen LogP contribution in [-0.4, -0.2) is 6.29 Å². The lowest BCUT2D eigenvalue weighted by atomic mass is 9.82. The second-order valence-electron chi connectivity index (χ2n) is 24.5. The zero-order valence-electron chi connectivity index (χ0n) is 49.8. The maximum atomic E-state index is 6.85. The molecule has 0 radical (unpaired) electrons. The number of unbranched alkanes of at least 4 members (excludes halogenated alkanes) is 40. The molecular formula is C67H112O7P2. The van der Waals surface area contributed by atoms with Crippen molar-refractivity contribution in [3.8, 4) is 34.1 Å². The van der Waals surface area contributed by atoms with Crippen LogP contribution >= 0.6 is 17.2 Å². The second-order valence-corrected chi connectivity index (χ2v) is 26.5. The Morgan fingerprint density at radius 1 is 0.303 bits per heavy atom. The highest BCUT2D eigenvalue weighted by Gasteiger charge is 2.66. The van der Waals surface area contributed by atoms with Gasteiger partial charge in [0.05, 0.1) is 5.41 Å². The van der Waals surface area contributed by atoms with Gasteiger partial charge in [-0.15, -0.1) is 4.67 Å². The van der Waals surface area contributed by atoms with E-state index >= 15 is 0 Å². The van der Waals surface area contributed by atoms with E-state index in [0.717, 1.165) is 55.1 Å². The Morgan fingerprint density at radius 3 is 0.987 bits per heavy atom. The molecule has 1 saturated heterocycles. The molecule has 7 nitrogen and oxygen atoms in total. The maximum absolute atomic E-state index is 6.85. The van der Waals surface area contributed by atoms with Crippen LogP contribution in [-0.2, 0) is 44.8 Å². The van der Waals surface area contributed by atoms with Gasteiger partial charge in [0.1, 0.15) is 0 Å². The van der Waals surface area contributed by atoms with E-state index in [0.29, 0.717) is 0 Å². The molecule has 0 N–H and O–H groups in total. The van der Waals surface area contributed by atoms with Crippen molar-refractivity contribution in [2.75, 3.05) is 0 Å². The highest BCUT2D eigenvalue weighted by Crippen LogP contribution is 2.74.